The van der Waals surface area contributed by atoms with Gasteiger partial charge in [-0.3, -0.25) is 10.1 Å². The highest BCUT2D eigenvalue weighted by Crippen LogP contribution is 2.24. The lowest BCUT2D eigenvalue weighted by Gasteiger charge is -2.05. The first-order valence-electron chi connectivity index (χ1n) is 5.77. The number of rotatable bonds is 8. The zero-order chi connectivity index (χ0) is 13.4. The second-order valence-corrected chi connectivity index (χ2v) is 4.33. The molecule has 5 nitrogen and oxygen atoms in total. The average molecular weight is 273 g/mol. The van der Waals surface area contributed by atoms with Gasteiger partial charge in [-0.1, -0.05) is 17.7 Å². The smallest absolute Gasteiger partial charge is 0.288 e. The van der Waals surface area contributed by atoms with Gasteiger partial charge in [0.25, 0.3) is 5.69 Å². The van der Waals surface area contributed by atoms with Crippen LogP contribution >= 0.6 is 11.6 Å². The Morgan fingerprint density at radius 3 is 2.89 bits per heavy atom. The average Bonchev–Trinajstić information content (AvgIpc) is 2.35. The van der Waals surface area contributed by atoms with Crippen LogP contribution in [0.4, 0.5) is 5.69 Å². The number of ether oxygens (including phenoxy) is 1. The first-order chi connectivity index (χ1) is 8.65. The zero-order valence-corrected chi connectivity index (χ0v) is 11.1. The normalized spacial score (nSPS) is 10.6. The van der Waals surface area contributed by atoms with Crippen molar-refractivity contribution in [2.75, 3.05) is 20.3 Å². The molecule has 0 atom stereocenters. The summed E-state index contributed by atoms with van der Waals surface area (Å²) in [4.78, 5) is 10.2. The summed E-state index contributed by atoms with van der Waals surface area (Å²) >= 11 is 5.73. The van der Waals surface area contributed by atoms with E-state index >= 15 is 0 Å². The predicted molar refractivity (Wildman–Crippen MR) is 70.9 cm³/mol. The summed E-state index contributed by atoms with van der Waals surface area (Å²) in [6.07, 6.45) is 2.02. The highest BCUT2D eigenvalue weighted by atomic mass is 35.5. The van der Waals surface area contributed by atoms with E-state index < -0.39 is 4.92 Å². The van der Waals surface area contributed by atoms with Gasteiger partial charge in [-0.15, -0.1) is 0 Å². The molecule has 0 saturated carbocycles. The maximum atomic E-state index is 10.7. The van der Waals surface area contributed by atoms with Crippen LogP contribution in [0.1, 0.15) is 18.4 Å². The van der Waals surface area contributed by atoms with E-state index in [2.05, 4.69) is 5.32 Å². The van der Waals surface area contributed by atoms with Gasteiger partial charge in [0.2, 0.25) is 0 Å². The highest BCUT2D eigenvalue weighted by molar-refractivity contribution is 6.32. The molecule has 0 aliphatic carbocycles. The minimum atomic E-state index is -0.468. The topological polar surface area (TPSA) is 64.4 Å². The molecule has 0 aromatic heterocycles. The van der Waals surface area contributed by atoms with Gasteiger partial charge in [-0.25, -0.2) is 0 Å². The number of unbranched alkanes of at least 4 members (excludes halogenated alkanes) is 1. The lowest BCUT2D eigenvalue weighted by Crippen LogP contribution is -2.15. The van der Waals surface area contributed by atoms with Crippen molar-refractivity contribution in [2.24, 2.45) is 0 Å². The number of hydrogen-bond acceptors (Lipinski definition) is 4. The fourth-order valence-corrected chi connectivity index (χ4v) is 1.72. The van der Waals surface area contributed by atoms with Crippen molar-refractivity contribution in [3.63, 3.8) is 0 Å². The van der Waals surface area contributed by atoms with E-state index in [0.717, 1.165) is 31.6 Å². The molecule has 0 radical (unpaired) electrons. The lowest BCUT2D eigenvalue weighted by atomic mass is 10.2. The Hall–Kier alpha value is -1.17. The van der Waals surface area contributed by atoms with Crippen LogP contribution < -0.4 is 5.32 Å². The first-order valence-corrected chi connectivity index (χ1v) is 6.15. The number of nitrogens with one attached hydrogen (secondary N) is 1. The molecular weight excluding hydrogens is 256 g/mol. The Labute approximate surface area is 111 Å². The standard InChI is InChI=1S/C12H17ClN2O3/c1-18-7-3-2-6-14-9-10-4-5-11(13)12(8-10)15(16)17/h4-5,8,14H,2-3,6-7,9H2,1H3. The Kier molecular flexibility index (Phi) is 6.64. The predicted octanol–water partition coefficient (Wildman–Crippen LogP) is 2.76. The third kappa shape index (κ3) is 5.00. The van der Waals surface area contributed by atoms with Gasteiger partial charge >= 0.3 is 0 Å². The van der Waals surface area contributed by atoms with E-state index in [-0.39, 0.29) is 10.7 Å². The molecule has 0 aliphatic rings. The molecule has 0 heterocycles. The molecule has 0 spiro atoms. The second-order valence-electron chi connectivity index (χ2n) is 3.92. The molecule has 1 aromatic rings. The van der Waals surface area contributed by atoms with Crippen molar-refractivity contribution >= 4 is 17.3 Å². The largest absolute Gasteiger partial charge is 0.385 e. The van der Waals surface area contributed by atoms with Gasteiger partial charge in [-0.05, 0) is 31.0 Å². The molecule has 0 fully saturated rings. The number of nitro groups is 1. The van der Waals surface area contributed by atoms with E-state index in [4.69, 9.17) is 16.3 Å². The third-order valence-electron chi connectivity index (χ3n) is 2.49. The van der Waals surface area contributed by atoms with Gasteiger partial charge in [0, 0.05) is 26.3 Å². The highest BCUT2D eigenvalue weighted by Gasteiger charge is 2.12. The number of nitro benzene ring substituents is 1. The first kappa shape index (κ1) is 14.9. The quantitative estimate of drug-likeness (QED) is 0.449. The Morgan fingerprint density at radius 2 is 2.22 bits per heavy atom. The monoisotopic (exact) mass is 272 g/mol. The van der Waals surface area contributed by atoms with E-state index in [0.29, 0.717) is 6.54 Å². The molecule has 0 amide bonds. The summed E-state index contributed by atoms with van der Waals surface area (Å²) in [5.74, 6) is 0. The van der Waals surface area contributed by atoms with Crippen LogP contribution in [0.25, 0.3) is 0 Å². The summed E-state index contributed by atoms with van der Waals surface area (Å²) in [5, 5.41) is 14.1. The van der Waals surface area contributed by atoms with E-state index in [1.807, 2.05) is 0 Å². The molecule has 0 bridgehead atoms. The Bertz CT molecular complexity index is 399. The van der Waals surface area contributed by atoms with Gasteiger partial charge in [-0.2, -0.15) is 0 Å². The van der Waals surface area contributed by atoms with Crippen LogP contribution in [0.5, 0.6) is 0 Å². The summed E-state index contributed by atoms with van der Waals surface area (Å²) < 4.78 is 4.94. The molecule has 1 N–H and O–H groups in total. The number of benzene rings is 1. The summed E-state index contributed by atoms with van der Waals surface area (Å²) in [5.41, 5.74) is 0.813. The molecule has 1 rings (SSSR count). The lowest BCUT2D eigenvalue weighted by molar-refractivity contribution is -0.384. The van der Waals surface area contributed by atoms with Gasteiger partial charge < -0.3 is 10.1 Å². The number of halogens is 1. The van der Waals surface area contributed by atoms with Crippen LogP contribution in [0.2, 0.25) is 5.02 Å². The van der Waals surface area contributed by atoms with Crippen LogP contribution in [0, 0.1) is 10.1 Å². The Balaban J connectivity index is 2.38. The molecular formula is C12H17ClN2O3. The summed E-state index contributed by atoms with van der Waals surface area (Å²) in [6, 6.07) is 4.85. The fourth-order valence-electron chi connectivity index (χ4n) is 1.54. The third-order valence-corrected chi connectivity index (χ3v) is 2.81. The Morgan fingerprint density at radius 1 is 1.44 bits per heavy atom. The number of methoxy groups -OCH3 is 1. The van der Waals surface area contributed by atoms with Crippen LogP contribution in [0.3, 0.4) is 0 Å². The fraction of sp³-hybridized carbons (Fsp3) is 0.500. The summed E-state index contributed by atoms with van der Waals surface area (Å²) in [6.45, 7) is 2.22. The van der Waals surface area contributed by atoms with E-state index in [9.17, 15) is 10.1 Å². The van der Waals surface area contributed by atoms with Crippen molar-refractivity contribution < 1.29 is 9.66 Å². The van der Waals surface area contributed by atoms with Gasteiger partial charge in [0.15, 0.2) is 0 Å². The molecule has 18 heavy (non-hydrogen) atoms. The van der Waals surface area contributed by atoms with Gasteiger partial charge in [0.1, 0.15) is 5.02 Å². The maximum Gasteiger partial charge on any atom is 0.288 e. The molecule has 0 saturated heterocycles. The minimum absolute atomic E-state index is 0.0460. The van der Waals surface area contributed by atoms with Crippen molar-refractivity contribution in [1.29, 1.82) is 0 Å². The molecule has 0 aliphatic heterocycles. The van der Waals surface area contributed by atoms with Crippen molar-refractivity contribution in [3.05, 3.63) is 38.9 Å². The molecule has 0 unspecified atom stereocenters. The second kappa shape index (κ2) is 8.02. The zero-order valence-electron chi connectivity index (χ0n) is 10.3. The van der Waals surface area contributed by atoms with Crippen molar-refractivity contribution in [3.8, 4) is 0 Å². The van der Waals surface area contributed by atoms with E-state index in [1.165, 1.54) is 6.07 Å². The van der Waals surface area contributed by atoms with Crippen LogP contribution in [0.15, 0.2) is 18.2 Å². The molecule has 1 aromatic carbocycles. The van der Waals surface area contributed by atoms with Crippen LogP contribution in [-0.4, -0.2) is 25.2 Å². The minimum Gasteiger partial charge on any atom is -0.385 e. The molecule has 100 valence electrons. The number of nitrogens with zero attached hydrogens (tertiary/aromatic N) is 1. The number of hydrogen-bond donors (Lipinski definition) is 1. The maximum absolute atomic E-state index is 10.7. The van der Waals surface area contributed by atoms with Gasteiger partial charge in [0.05, 0.1) is 4.92 Å². The SMILES string of the molecule is COCCCCNCc1ccc(Cl)c([N+](=O)[O-])c1. The van der Waals surface area contributed by atoms with Crippen molar-refractivity contribution in [2.45, 2.75) is 19.4 Å². The molecule has 6 heteroatoms. The van der Waals surface area contributed by atoms with E-state index in [1.54, 1.807) is 19.2 Å². The van der Waals surface area contributed by atoms with Crippen LogP contribution in [-0.2, 0) is 11.3 Å². The van der Waals surface area contributed by atoms with Crippen molar-refractivity contribution in [1.82, 2.24) is 5.32 Å². The summed E-state index contributed by atoms with van der Waals surface area (Å²) in [7, 11) is 1.68.